The maximum absolute atomic E-state index is 14.0. The number of hydrogen-bond acceptors (Lipinski definition) is 1. The third-order valence-corrected chi connectivity index (χ3v) is 23.8. The van der Waals surface area contributed by atoms with Crippen LogP contribution < -0.4 is 0 Å². The third-order valence-electron chi connectivity index (χ3n) is 8.22. The van der Waals surface area contributed by atoms with E-state index in [0.29, 0.717) is 0 Å². The molecular weight excluding hydrogens is 535 g/mol. The number of unbranched alkanes of at least 4 members (excludes halogenated alkanes) is 7. The summed E-state index contributed by atoms with van der Waals surface area (Å²) in [7, 11) is 2.02. The number of allylic oxidation sites excluding steroid dienone is 1. The van der Waals surface area contributed by atoms with Gasteiger partial charge in [0.25, 0.3) is 0 Å². The summed E-state index contributed by atoms with van der Waals surface area (Å²) < 4.78 is 5.75. The Morgan fingerprint density at radius 1 is 0.829 bits per heavy atom. The second-order valence-corrected chi connectivity index (χ2v) is 23.9. The van der Waals surface area contributed by atoms with Gasteiger partial charge in [-0.25, -0.2) is 0 Å². The van der Waals surface area contributed by atoms with Crippen LogP contribution in [0.2, 0.25) is 13.3 Å². The van der Waals surface area contributed by atoms with Crippen LogP contribution in [-0.4, -0.2) is 47.3 Å². The number of carbonyl (C=O) groups excluding carboxylic acids is 1. The fourth-order valence-corrected chi connectivity index (χ4v) is 22.8. The second kappa shape index (κ2) is 16.0. The zero-order chi connectivity index (χ0) is 25.7. The van der Waals surface area contributed by atoms with Gasteiger partial charge in [0.2, 0.25) is 0 Å². The van der Waals surface area contributed by atoms with Gasteiger partial charge in [-0.15, -0.1) is 0 Å². The molecule has 2 rings (SSSR count). The van der Waals surface area contributed by atoms with Crippen LogP contribution >= 0.6 is 0 Å². The summed E-state index contributed by atoms with van der Waals surface area (Å²) in [6, 6.07) is 11.4. The van der Waals surface area contributed by atoms with E-state index in [-0.39, 0.29) is 18.1 Å². The average molecular weight is 589 g/mol. The van der Waals surface area contributed by atoms with Crippen molar-refractivity contribution in [2.75, 3.05) is 7.05 Å². The SMILES string of the molecule is CCCCCC/C=[C](/N1C(=O)N(C)[C@@H](C)[C@H]1c1ccccc1)[Sn]([CH2]CCC)([CH2]CCC)[CH2]CCC. The fourth-order valence-electron chi connectivity index (χ4n) is 5.91. The summed E-state index contributed by atoms with van der Waals surface area (Å²) in [4.78, 5) is 18.3. The van der Waals surface area contributed by atoms with Gasteiger partial charge in [-0.1, -0.05) is 0 Å². The van der Waals surface area contributed by atoms with Crippen molar-refractivity contribution in [2.45, 2.75) is 131 Å². The summed E-state index contributed by atoms with van der Waals surface area (Å²) in [5.74, 6) is 0. The van der Waals surface area contributed by atoms with Crippen LogP contribution in [0.5, 0.6) is 0 Å². The molecule has 0 aromatic heterocycles. The van der Waals surface area contributed by atoms with E-state index >= 15 is 0 Å². The molecule has 0 aliphatic carbocycles. The molecule has 2 amide bonds. The van der Waals surface area contributed by atoms with Crippen LogP contribution in [0.1, 0.15) is 117 Å². The van der Waals surface area contributed by atoms with Crippen molar-refractivity contribution >= 4 is 24.4 Å². The summed E-state index contributed by atoms with van der Waals surface area (Å²) in [5.41, 5.74) is 1.29. The first-order valence-corrected chi connectivity index (χ1v) is 22.3. The van der Waals surface area contributed by atoms with Gasteiger partial charge in [-0.05, 0) is 0 Å². The maximum atomic E-state index is 14.0. The van der Waals surface area contributed by atoms with Crippen LogP contribution in [0, 0.1) is 0 Å². The van der Waals surface area contributed by atoms with Crippen molar-refractivity contribution in [2.24, 2.45) is 0 Å². The molecule has 1 saturated heterocycles. The van der Waals surface area contributed by atoms with Crippen molar-refractivity contribution in [3.8, 4) is 0 Å². The molecule has 1 fully saturated rings. The molecule has 1 heterocycles. The molecule has 1 aliphatic rings. The van der Waals surface area contributed by atoms with Crippen LogP contribution in [-0.2, 0) is 0 Å². The van der Waals surface area contributed by atoms with E-state index in [9.17, 15) is 4.79 Å². The molecule has 0 spiro atoms. The van der Waals surface area contributed by atoms with Gasteiger partial charge >= 0.3 is 222 Å². The summed E-state index contributed by atoms with van der Waals surface area (Å²) in [6.07, 6.45) is 16.6. The van der Waals surface area contributed by atoms with Crippen LogP contribution in [0.4, 0.5) is 4.79 Å². The number of urea groups is 1. The molecule has 2 atom stereocenters. The first-order chi connectivity index (χ1) is 17.0. The topological polar surface area (TPSA) is 23.6 Å². The first kappa shape index (κ1) is 30.3. The molecular formula is C31H54N2OSn. The average Bonchev–Trinajstić information content (AvgIpc) is 3.10. The Morgan fingerprint density at radius 2 is 1.37 bits per heavy atom. The van der Waals surface area contributed by atoms with Gasteiger partial charge in [0.15, 0.2) is 0 Å². The minimum atomic E-state index is -2.85. The molecule has 0 saturated carbocycles. The monoisotopic (exact) mass is 590 g/mol. The van der Waals surface area contributed by atoms with E-state index < -0.39 is 18.4 Å². The number of hydrogen-bond donors (Lipinski definition) is 0. The van der Waals surface area contributed by atoms with Gasteiger partial charge in [-0.3, -0.25) is 0 Å². The molecule has 0 radical (unpaired) electrons. The quantitative estimate of drug-likeness (QED) is 0.131. The Balaban J connectivity index is 2.62. The number of nitrogens with zero attached hydrogens (tertiary/aromatic N) is 2. The molecule has 4 heteroatoms. The predicted molar refractivity (Wildman–Crippen MR) is 155 cm³/mol. The van der Waals surface area contributed by atoms with Crippen LogP contribution in [0.25, 0.3) is 0 Å². The van der Waals surface area contributed by atoms with Crippen LogP contribution in [0.15, 0.2) is 40.1 Å². The minimum absolute atomic E-state index is 0.122. The first-order valence-electron chi connectivity index (χ1n) is 14.8. The van der Waals surface area contributed by atoms with E-state index in [1.165, 1.54) is 83.1 Å². The standard InChI is InChI=1S/C19H27N2O.3C4H9.Sn/c1-4-5-6-7-8-12-15-21-18(16(2)20(3)19(21)22)17-13-10-9-11-14-17;3*1-3-4-2;/h9-14,16,18H,4-8H2,1-3H3;3*1,3-4H2,2H3;/t16-,18-;;;;/m0..../s1. The Morgan fingerprint density at radius 3 is 1.89 bits per heavy atom. The molecule has 0 bridgehead atoms. The molecule has 0 unspecified atom stereocenters. The van der Waals surface area contributed by atoms with Crippen molar-refractivity contribution < 1.29 is 4.79 Å². The fraction of sp³-hybridized carbons (Fsp3) is 0.710. The third kappa shape index (κ3) is 8.00. The number of rotatable bonds is 17. The molecule has 1 aromatic carbocycles. The zero-order valence-corrected chi connectivity index (χ0v) is 26.7. The number of likely N-dealkylation sites (N-methyl/N-ethyl adjacent to an activating group) is 1. The van der Waals surface area contributed by atoms with Gasteiger partial charge in [-0.2, -0.15) is 0 Å². The van der Waals surface area contributed by atoms with Gasteiger partial charge in [0.05, 0.1) is 0 Å². The number of benzene rings is 1. The Kier molecular flexibility index (Phi) is 13.8. The van der Waals surface area contributed by atoms with E-state index in [1.807, 2.05) is 11.9 Å². The Hall–Kier alpha value is -0.971. The summed E-state index contributed by atoms with van der Waals surface area (Å²) in [5, 5.41) is 0. The zero-order valence-electron chi connectivity index (χ0n) is 23.8. The van der Waals surface area contributed by atoms with Crippen molar-refractivity contribution in [1.29, 1.82) is 0 Å². The van der Waals surface area contributed by atoms with Crippen LogP contribution in [0.3, 0.4) is 0 Å². The van der Waals surface area contributed by atoms with E-state index in [1.54, 1.807) is 3.71 Å². The Labute approximate surface area is 221 Å². The Bertz CT molecular complexity index is 741. The number of amides is 2. The molecule has 3 nitrogen and oxygen atoms in total. The molecule has 1 aromatic rings. The van der Waals surface area contributed by atoms with Gasteiger partial charge in [0.1, 0.15) is 0 Å². The molecule has 198 valence electrons. The van der Waals surface area contributed by atoms with Crippen molar-refractivity contribution in [3.63, 3.8) is 0 Å². The van der Waals surface area contributed by atoms with Gasteiger partial charge < -0.3 is 0 Å². The predicted octanol–water partition coefficient (Wildman–Crippen LogP) is 9.73. The van der Waals surface area contributed by atoms with Gasteiger partial charge in [0, 0.05) is 0 Å². The summed E-state index contributed by atoms with van der Waals surface area (Å²) in [6.45, 7) is 11.6. The molecule has 0 N–H and O–H groups in total. The van der Waals surface area contributed by atoms with E-state index in [0.717, 1.165) is 6.42 Å². The van der Waals surface area contributed by atoms with E-state index in [2.05, 4.69) is 75.9 Å². The van der Waals surface area contributed by atoms with Crippen molar-refractivity contribution in [3.05, 3.63) is 45.7 Å². The molecule has 1 aliphatic heterocycles. The van der Waals surface area contributed by atoms with Crippen molar-refractivity contribution in [1.82, 2.24) is 9.80 Å². The van der Waals surface area contributed by atoms with E-state index in [4.69, 9.17) is 0 Å². The molecule has 35 heavy (non-hydrogen) atoms. The summed E-state index contributed by atoms with van der Waals surface area (Å²) >= 11 is -2.85. The second-order valence-electron chi connectivity index (χ2n) is 10.9. The normalized spacial score (nSPS) is 19.1. The number of carbonyl (C=O) groups is 1.